The number of ether oxygens (including phenoxy) is 1. The highest BCUT2D eigenvalue weighted by Crippen LogP contribution is 2.21. The topological polar surface area (TPSA) is 56.1 Å². The highest BCUT2D eigenvalue weighted by Gasteiger charge is 2.13. The van der Waals surface area contributed by atoms with E-state index in [9.17, 15) is 0 Å². The lowest BCUT2D eigenvalue weighted by atomic mass is 10.2. The lowest BCUT2D eigenvalue weighted by molar-refractivity contribution is 0.414. The number of thioether (sulfide) groups is 1. The molecule has 3 aromatic rings. The van der Waals surface area contributed by atoms with Crippen LogP contribution < -0.4 is 9.64 Å². The van der Waals surface area contributed by atoms with Crippen molar-refractivity contribution >= 4 is 17.6 Å². The fraction of sp³-hybridized carbons (Fsp3) is 0.316. The maximum atomic E-state index is 5.19. The second-order valence-electron chi connectivity index (χ2n) is 6.15. The predicted molar refractivity (Wildman–Crippen MR) is 105 cm³/mol. The number of hydrogen-bond donors (Lipinski definition) is 0. The molecule has 6 nitrogen and oxygen atoms in total. The normalized spacial score (nSPS) is 14.4. The minimum atomic E-state index is 0.709. The smallest absolute Gasteiger partial charge is 0.151 e. The third kappa shape index (κ3) is 3.83. The van der Waals surface area contributed by atoms with Crippen molar-refractivity contribution in [1.82, 2.24) is 20.0 Å². The molecular formula is C19H21N5OS. The van der Waals surface area contributed by atoms with E-state index in [2.05, 4.69) is 26.3 Å². The lowest BCUT2D eigenvalue weighted by Crippen LogP contribution is -2.33. The van der Waals surface area contributed by atoms with Gasteiger partial charge in [0.2, 0.25) is 0 Å². The molecule has 0 aliphatic carbocycles. The van der Waals surface area contributed by atoms with Crippen molar-refractivity contribution in [2.24, 2.45) is 0 Å². The highest BCUT2D eigenvalue weighted by molar-refractivity contribution is 7.99. The second kappa shape index (κ2) is 7.78. The molecule has 1 aliphatic rings. The zero-order valence-corrected chi connectivity index (χ0v) is 15.5. The van der Waals surface area contributed by atoms with Crippen LogP contribution >= 0.6 is 11.8 Å². The molecule has 0 atom stereocenters. The van der Waals surface area contributed by atoms with E-state index in [-0.39, 0.29) is 0 Å². The van der Waals surface area contributed by atoms with Crippen LogP contribution in [0.1, 0.15) is 5.56 Å². The molecule has 7 heteroatoms. The quantitative estimate of drug-likeness (QED) is 0.691. The summed E-state index contributed by atoms with van der Waals surface area (Å²) in [5, 5.41) is 13.3. The molecule has 0 unspecified atom stereocenters. The molecule has 1 saturated heterocycles. The van der Waals surface area contributed by atoms with Crippen LogP contribution in [0.4, 0.5) is 5.82 Å². The summed E-state index contributed by atoms with van der Waals surface area (Å²) in [7, 11) is 1.67. The summed E-state index contributed by atoms with van der Waals surface area (Å²) in [4.78, 5) is 2.29. The first kappa shape index (κ1) is 16.9. The van der Waals surface area contributed by atoms with Gasteiger partial charge in [0.25, 0.3) is 0 Å². The van der Waals surface area contributed by atoms with E-state index in [1.54, 1.807) is 7.11 Å². The van der Waals surface area contributed by atoms with Crippen LogP contribution in [0.15, 0.2) is 48.8 Å². The first-order valence-electron chi connectivity index (χ1n) is 8.64. The van der Waals surface area contributed by atoms with Crippen molar-refractivity contribution in [3.8, 4) is 17.0 Å². The van der Waals surface area contributed by atoms with Crippen molar-refractivity contribution in [2.45, 2.75) is 6.54 Å². The van der Waals surface area contributed by atoms with E-state index in [4.69, 9.17) is 4.74 Å². The van der Waals surface area contributed by atoms with Gasteiger partial charge in [0.15, 0.2) is 5.82 Å². The molecule has 26 heavy (non-hydrogen) atoms. The van der Waals surface area contributed by atoms with E-state index < -0.39 is 0 Å². The Bertz CT molecular complexity index is 841. The van der Waals surface area contributed by atoms with Crippen LogP contribution in [0.5, 0.6) is 5.75 Å². The van der Waals surface area contributed by atoms with Gasteiger partial charge in [-0.15, -0.1) is 10.2 Å². The molecule has 0 saturated carbocycles. The monoisotopic (exact) mass is 367 g/mol. The van der Waals surface area contributed by atoms with E-state index in [0.29, 0.717) is 6.54 Å². The molecule has 0 spiro atoms. The summed E-state index contributed by atoms with van der Waals surface area (Å²) in [5.41, 5.74) is 3.00. The zero-order valence-electron chi connectivity index (χ0n) is 14.7. The van der Waals surface area contributed by atoms with E-state index >= 15 is 0 Å². The highest BCUT2D eigenvalue weighted by atomic mass is 32.2. The minimum absolute atomic E-state index is 0.709. The molecule has 0 amide bonds. The van der Waals surface area contributed by atoms with E-state index in [1.165, 1.54) is 5.56 Å². The Hall–Kier alpha value is -2.54. The van der Waals surface area contributed by atoms with Gasteiger partial charge in [0, 0.05) is 36.4 Å². The Morgan fingerprint density at radius 1 is 1.04 bits per heavy atom. The summed E-state index contributed by atoms with van der Waals surface area (Å²) in [6.07, 6.45) is 3.84. The van der Waals surface area contributed by atoms with Crippen molar-refractivity contribution < 1.29 is 4.74 Å². The van der Waals surface area contributed by atoms with Crippen molar-refractivity contribution in [2.75, 3.05) is 36.6 Å². The van der Waals surface area contributed by atoms with Crippen molar-refractivity contribution in [1.29, 1.82) is 0 Å². The molecule has 3 heterocycles. The van der Waals surface area contributed by atoms with Crippen LogP contribution in [0, 0.1) is 0 Å². The summed E-state index contributed by atoms with van der Waals surface area (Å²) in [6, 6.07) is 12.1. The number of nitrogens with zero attached hydrogens (tertiary/aromatic N) is 5. The second-order valence-corrected chi connectivity index (χ2v) is 7.38. The van der Waals surface area contributed by atoms with Crippen molar-refractivity contribution in [3.05, 3.63) is 54.4 Å². The molecule has 2 aromatic heterocycles. The third-order valence-corrected chi connectivity index (χ3v) is 5.36. The summed E-state index contributed by atoms with van der Waals surface area (Å²) in [6.45, 7) is 2.79. The number of rotatable bonds is 5. The Balaban J connectivity index is 1.45. The molecule has 134 valence electrons. The largest absolute Gasteiger partial charge is 0.497 e. The van der Waals surface area contributed by atoms with E-state index in [0.717, 1.165) is 47.4 Å². The van der Waals surface area contributed by atoms with Crippen LogP contribution in [0.25, 0.3) is 11.3 Å². The summed E-state index contributed by atoms with van der Waals surface area (Å²) < 4.78 is 7.10. The average molecular weight is 367 g/mol. The van der Waals surface area contributed by atoms with Gasteiger partial charge < -0.3 is 9.64 Å². The fourth-order valence-corrected chi connectivity index (χ4v) is 3.84. The Labute approximate surface area is 157 Å². The van der Waals surface area contributed by atoms with Gasteiger partial charge in [0.1, 0.15) is 5.75 Å². The molecule has 1 fully saturated rings. The number of benzene rings is 1. The molecule has 0 bridgehead atoms. The van der Waals surface area contributed by atoms with Crippen LogP contribution in [0.3, 0.4) is 0 Å². The zero-order chi connectivity index (χ0) is 17.8. The van der Waals surface area contributed by atoms with Gasteiger partial charge >= 0.3 is 0 Å². The van der Waals surface area contributed by atoms with Gasteiger partial charge in [-0.2, -0.15) is 16.9 Å². The van der Waals surface area contributed by atoms with Gasteiger partial charge in [-0.25, -0.2) is 0 Å². The van der Waals surface area contributed by atoms with Crippen molar-refractivity contribution in [3.63, 3.8) is 0 Å². The first-order chi connectivity index (χ1) is 12.8. The van der Waals surface area contributed by atoms with Gasteiger partial charge in [-0.3, -0.25) is 4.68 Å². The maximum absolute atomic E-state index is 5.19. The molecule has 1 aliphatic heterocycles. The molecule has 0 N–H and O–H groups in total. The summed E-state index contributed by atoms with van der Waals surface area (Å²) >= 11 is 1.99. The van der Waals surface area contributed by atoms with E-state index in [1.807, 2.05) is 59.2 Å². The van der Waals surface area contributed by atoms with Gasteiger partial charge in [-0.05, 0) is 29.8 Å². The fourth-order valence-electron chi connectivity index (χ4n) is 2.94. The molecule has 4 rings (SSSR count). The number of aromatic nitrogens is 4. The van der Waals surface area contributed by atoms with Crippen LogP contribution in [-0.2, 0) is 6.54 Å². The molecule has 0 radical (unpaired) electrons. The SMILES string of the molecule is COc1ccc(Cn2cc(-c3ccc(N4CCSCC4)nn3)cn2)cc1. The Morgan fingerprint density at radius 3 is 2.54 bits per heavy atom. The molecular weight excluding hydrogens is 346 g/mol. The lowest BCUT2D eigenvalue weighted by Gasteiger charge is -2.26. The van der Waals surface area contributed by atoms with Gasteiger partial charge in [-0.1, -0.05) is 12.1 Å². The third-order valence-electron chi connectivity index (χ3n) is 4.42. The van der Waals surface area contributed by atoms with Crippen LogP contribution in [0.2, 0.25) is 0 Å². The summed E-state index contributed by atoms with van der Waals surface area (Å²) in [5.74, 6) is 4.13. The Morgan fingerprint density at radius 2 is 1.85 bits per heavy atom. The molecule has 1 aromatic carbocycles. The maximum Gasteiger partial charge on any atom is 0.151 e. The standard InChI is InChI=1S/C19H21N5OS/c1-25-17-4-2-15(3-5-17)13-24-14-16(12-20-24)18-6-7-19(22-21-18)23-8-10-26-11-9-23/h2-7,12,14H,8-11,13H2,1H3. The van der Waals surface area contributed by atoms with Gasteiger partial charge in [0.05, 0.1) is 25.5 Å². The Kier molecular flexibility index (Phi) is 5.06. The minimum Gasteiger partial charge on any atom is -0.497 e. The number of methoxy groups -OCH3 is 1. The first-order valence-corrected chi connectivity index (χ1v) is 9.79. The number of anilines is 1. The average Bonchev–Trinajstić information content (AvgIpc) is 3.18. The number of hydrogen-bond acceptors (Lipinski definition) is 6. The van der Waals surface area contributed by atoms with Crippen LogP contribution in [-0.4, -0.2) is 51.7 Å². The predicted octanol–water partition coefficient (Wildman–Crippen LogP) is 2.95.